The molecule has 4 atom stereocenters. The van der Waals surface area contributed by atoms with Crippen molar-refractivity contribution in [2.45, 2.75) is 44.6 Å². The summed E-state index contributed by atoms with van der Waals surface area (Å²) in [7, 11) is 0. The van der Waals surface area contributed by atoms with Crippen molar-refractivity contribution in [1.29, 1.82) is 0 Å². The van der Waals surface area contributed by atoms with Crippen molar-refractivity contribution < 1.29 is 27.7 Å². The van der Waals surface area contributed by atoms with Gasteiger partial charge in [0, 0.05) is 18.3 Å². The monoisotopic (exact) mass is 340 g/mol. The molecule has 2 aliphatic rings. The van der Waals surface area contributed by atoms with Crippen molar-refractivity contribution in [3.8, 4) is 0 Å². The average molecular weight is 340 g/mol. The maximum absolute atomic E-state index is 12.8. The van der Waals surface area contributed by atoms with Crippen LogP contribution in [0.15, 0.2) is 30.3 Å². The first-order valence-corrected chi connectivity index (χ1v) is 7.93. The van der Waals surface area contributed by atoms with Gasteiger partial charge >= 0.3 is 6.18 Å². The fraction of sp³-hybridized carbons (Fsp3) is 0.500. The van der Waals surface area contributed by atoms with Crippen molar-refractivity contribution in [2.75, 3.05) is 0 Å². The van der Waals surface area contributed by atoms with Crippen molar-refractivity contribution in [1.82, 2.24) is 0 Å². The second-order valence-electron chi connectivity index (χ2n) is 6.75. The zero-order valence-corrected chi connectivity index (χ0v) is 13.5. The van der Waals surface area contributed by atoms with E-state index in [2.05, 4.69) is 0 Å². The Morgan fingerprint density at radius 2 is 2.08 bits per heavy atom. The van der Waals surface area contributed by atoms with Crippen molar-refractivity contribution in [3.05, 3.63) is 41.5 Å². The van der Waals surface area contributed by atoms with E-state index in [0.29, 0.717) is 18.4 Å². The highest BCUT2D eigenvalue weighted by Crippen LogP contribution is 2.43. The van der Waals surface area contributed by atoms with E-state index < -0.39 is 17.3 Å². The summed E-state index contributed by atoms with van der Waals surface area (Å²) in [6, 6.07) is 5.08. The molecule has 0 N–H and O–H groups in total. The summed E-state index contributed by atoms with van der Waals surface area (Å²) < 4.78 is 38.3. The Kier molecular flexibility index (Phi) is 4.30. The largest absolute Gasteiger partial charge is 0.416 e. The molecule has 2 fully saturated rings. The van der Waals surface area contributed by atoms with E-state index in [1.807, 2.05) is 6.92 Å². The molecule has 1 aromatic carbocycles. The number of carbonyl (C=O) groups is 1. The summed E-state index contributed by atoms with van der Waals surface area (Å²) >= 11 is 0. The summed E-state index contributed by atoms with van der Waals surface area (Å²) in [5, 5.41) is 0. The molecule has 0 aromatic heterocycles. The van der Waals surface area contributed by atoms with Gasteiger partial charge in [0.05, 0.1) is 5.56 Å². The van der Waals surface area contributed by atoms with Crippen LogP contribution in [0.2, 0.25) is 0 Å². The first-order chi connectivity index (χ1) is 11.2. The molecule has 24 heavy (non-hydrogen) atoms. The Bertz CT molecular complexity index is 668. The Hall–Kier alpha value is -1.66. The molecule has 0 unspecified atom stereocenters. The Labute approximate surface area is 138 Å². The zero-order chi connectivity index (χ0) is 17.5. The van der Waals surface area contributed by atoms with E-state index in [0.717, 1.165) is 12.1 Å². The van der Waals surface area contributed by atoms with Gasteiger partial charge in [0.15, 0.2) is 0 Å². The predicted molar refractivity (Wildman–Crippen MR) is 81.7 cm³/mol. The zero-order valence-electron chi connectivity index (χ0n) is 13.5. The van der Waals surface area contributed by atoms with Crippen LogP contribution >= 0.6 is 0 Å². The molecule has 130 valence electrons. The van der Waals surface area contributed by atoms with Gasteiger partial charge < -0.3 is 0 Å². The van der Waals surface area contributed by atoms with E-state index in [1.54, 1.807) is 25.1 Å². The quantitative estimate of drug-likeness (QED) is 0.748. The fourth-order valence-electron chi connectivity index (χ4n) is 3.24. The van der Waals surface area contributed by atoms with Gasteiger partial charge in [-0.15, -0.1) is 0 Å². The highest BCUT2D eigenvalue weighted by molar-refractivity contribution is 5.82. The molecule has 1 saturated carbocycles. The van der Waals surface area contributed by atoms with E-state index in [1.165, 1.54) is 6.07 Å². The molecule has 2 bridgehead atoms. The van der Waals surface area contributed by atoms with Crippen LogP contribution in [0.1, 0.15) is 37.8 Å². The molecular formula is C18H19F3O3. The molecule has 1 aromatic rings. The Morgan fingerprint density at radius 3 is 2.79 bits per heavy atom. The lowest BCUT2D eigenvalue weighted by Gasteiger charge is -2.45. The first kappa shape index (κ1) is 17.2. The van der Waals surface area contributed by atoms with Crippen LogP contribution in [0.3, 0.4) is 0 Å². The fourth-order valence-corrected chi connectivity index (χ4v) is 3.24. The SMILES string of the molecule is C[C@@H]1C(=O)C[C@H]2C[C@@H]1OO[C@@]2(C)C=Cc1cccc(C(F)(F)F)c1. The molecule has 0 radical (unpaired) electrons. The minimum absolute atomic E-state index is 0.0398. The van der Waals surface area contributed by atoms with Crippen LogP contribution in [-0.2, 0) is 20.7 Å². The van der Waals surface area contributed by atoms with Gasteiger partial charge in [-0.25, -0.2) is 9.78 Å². The second-order valence-corrected chi connectivity index (χ2v) is 6.75. The van der Waals surface area contributed by atoms with Crippen LogP contribution < -0.4 is 0 Å². The lowest BCUT2D eigenvalue weighted by Crippen LogP contribution is -2.51. The van der Waals surface area contributed by atoms with Crippen molar-refractivity contribution in [3.63, 3.8) is 0 Å². The Morgan fingerprint density at radius 1 is 1.33 bits per heavy atom. The molecule has 1 heterocycles. The molecule has 3 rings (SSSR count). The number of hydrogen-bond donors (Lipinski definition) is 0. The third-order valence-electron chi connectivity index (χ3n) is 5.01. The average Bonchev–Trinajstić information content (AvgIpc) is 2.53. The van der Waals surface area contributed by atoms with E-state index >= 15 is 0 Å². The molecular weight excluding hydrogens is 321 g/mol. The maximum Gasteiger partial charge on any atom is 0.416 e. The van der Waals surface area contributed by atoms with E-state index in [9.17, 15) is 18.0 Å². The highest BCUT2D eigenvalue weighted by Gasteiger charge is 2.48. The van der Waals surface area contributed by atoms with Crippen LogP contribution in [0.25, 0.3) is 6.08 Å². The minimum Gasteiger partial charge on any atom is -0.299 e. The summed E-state index contributed by atoms with van der Waals surface area (Å²) in [4.78, 5) is 22.9. The third-order valence-corrected chi connectivity index (χ3v) is 5.01. The number of fused-ring (bicyclic) bond motifs is 2. The minimum atomic E-state index is -4.38. The molecule has 0 amide bonds. The van der Waals surface area contributed by atoms with Gasteiger partial charge in [0.25, 0.3) is 0 Å². The smallest absolute Gasteiger partial charge is 0.299 e. The number of hydrogen-bond acceptors (Lipinski definition) is 3. The molecule has 3 nitrogen and oxygen atoms in total. The Balaban J connectivity index is 1.80. The normalized spacial score (nSPS) is 33.9. The molecule has 6 heteroatoms. The number of halogens is 3. The van der Waals surface area contributed by atoms with Gasteiger partial charge in [-0.2, -0.15) is 13.2 Å². The van der Waals surface area contributed by atoms with Gasteiger partial charge in [-0.1, -0.05) is 25.1 Å². The lowest BCUT2D eigenvalue weighted by atomic mass is 9.71. The van der Waals surface area contributed by atoms with Gasteiger partial charge in [0.1, 0.15) is 17.5 Å². The third kappa shape index (κ3) is 3.26. The molecule has 0 spiro atoms. The van der Waals surface area contributed by atoms with Gasteiger partial charge in [0.2, 0.25) is 0 Å². The van der Waals surface area contributed by atoms with Crippen LogP contribution in [-0.4, -0.2) is 17.5 Å². The van der Waals surface area contributed by atoms with Gasteiger partial charge in [-0.3, -0.25) is 4.79 Å². The number of benzene rings is 1. The number of carbonyl (C=O) groups excluding carboxylic acids is 1. The van der Waals surface area contributed by atoms with Crippen LogP contribution in [0.5, 0.6) is 0 Å². The molecule has 1 aliphatic carbocycles. The highest BCUT2D eigenvalue weighted by atomic mass is 19.4. The first-order valence-electron chi connectivity index (χ1n) is 7.93. The lowest BCUT2D eigenvalue weighted by molar-refractivity contribution is -0.415. The summed E-state index contributed by atoms with van der Waals surface area (Å²) in [6.45, 7) is 3.62. The van der Waals surface area contributed by atoms with Crippen molar-refractivity contribution in [2.24, 2.45) is 11.8 Å². The van der Waals surface area contributed by atoms with Gasteiger partial charge in [-0.05, 0) is 37.1 Å². The maximum atomic E-state index is 12.8. The van der Waals surface area contributed by atoms with Crippen molar-refractivity contribution >= 4 is 11.9 Å². The van der Waals surface area contributed by atoms with E-state index in [4.69, 9.17) is 9.78 Å². The summed E-state index contributed by atoms with van der Waals surface area (Å²) in [6.07, 6.45) is -0.252. The van der Waals surface area contributed by atoms with Crippen LogP contribution in [0, 0.1) is 11.8 Å². The van der Waals surface area contributed by atoms with E-state index in [-0.39, 0.29) is 23.7 Å². The standard InChI is InChI=1S/C18H19F3O3/c1-11-15(22)9-14-10-16(11)23-24-17(14,2)7-6-12-4-3-5-13(8-12)18(19,20)21/h3-8,11,14,16H,9-10H2,1-2H3/t11-,14+,16+,17+/m1/s1. The predicted octanol–water partition coefficient (Wildman–Crippen LogP) is 4.42. The topological polar surface area (TPSA) is 35.5 Å². The molecule has 1 saturated heterocycles. The summed E-state index contributed by atoms with van der Waals surface area (Å²) in [5.41, 5.74) is -1.11. The number of Topliss-reactive ketones (excluding diaryl/α,β-unsaturated/α-hetero) is 1. The number of alkyl halides is 3. The molecule has 1 aliphatic heterocycles. The number of ketones is 1. The number of rotatable bonds is 2. The summed E-state index contributed by atoms with van der Waals surface area (Å²) in [5.74, 6) is -0.0847. The second kappa shape index (κ2) is 6.01. The van der Waals surface area contributed by atoms with Crippen LogP contribution in [0.4, 0.5) is 13.2 Å².